The topological polar surface area (TPSA) is 55.7 Å². The predicted molar refractivity (Wildman–Crippen MR) is 69.9 cm³/mol. The summed E-state index contributed by atoms with van der Waals surface area (Å²) in [4.78, 5) is 2.43. The van der Waals surface area contributed by atoms with Crippen molar-refractivity contribution in [1.82, 2.24) is 10.2 Å². The van der Waals surface area contributed by atoms with Gasteiger partial charge in [-0.3, -0.25) is 0 Å². The van der Waals surface area contributed by atoms with Gasteiger partial charge in [0.1, 0.15) is 0 Å². The van der Waals surface area contributed by atoms with Crippen molar-refractivity contribution in [3.8, 4) is 0 Å². The number of nitrogens with zero attached hydrogens (tertiary/aromatic N) is 1. The fourth-order valence-electron chi connectivity index (χ4n) is 2.66. The Morgan fingerprint density at radius 3 is 2.53 bits per heavy atom. The van der Waals surface area contributed by atoms with E-state index < -0.39 is 0 Å². The molecule has 0 spiro atoms. The van der Waals surface area contributed by atoms with E-state index in [1.54, 1.807) is 0 Å². The van der Waals surface area contributed by atoms with Gasteiger partial charge in [0.15, 0.2) is 0 Å². The van der Waals surface area contributed by atoms with Crippen molar-refractivity contribution >= 4 is 0 Å². The lowest BCUT2D eigenvalue weighted by atomic mass is 9.89. The number of rotatable bonds is 6. The smallest absolute Gasteiger partial charge is 0.0556 e. The van der Waals surface area contributed by atoms with Gasteiger partial charge in [-0.25, -0.2) is 0 Å². The zero-order chi connectivity index (χ0) is 12.8. The lowest BCUT2D eigenvalue weighted by Crippen LogP contribution is -2.52. The standard InChI is InChI=1S/C13H28N2O2/c1-10(2)7-15-8-12(11(3)17)6-13(9-15)14-4-5-16/h10-14,16-17H,4-9H2,1-3H3. The van der Waals surface area contributed by atoms with E-state index in [9.17, 15) is 5.11 Å². The minimum absolute atomic E-state index is 0.181. The molecule has 0 aromatic heterocycles. The summed E-state index contributed by atoms with van der Waals surface area (Å²) in [7, 11) is 0. The normalized spacial score (nSPS) is 28.6. The molecule has 0 amide bonds. The third-order valence-corrected chi connectivity index (χ3v) is 3.41. The number of aliphatic hydroxyl groups is 2. The molecule has 102 valence electrons. The largest absolute Gasteiger partial charge is 0.395 e. The minimum atomic E-state index is -0.247. The van der Waals surface area contributed by atoms with E-state index in [4.69, 9.17) is 5.11 Å². The number of likely N-dealkylation sites (tertiary alicyclic amines) is 1. The second-order valence-corrected chi connectivity index (χ2v) is 5.72. The summed E-state index contributed by atoms with van der Waals surface area (Å²) in [6, 6.07) is 0.397. The fourth-order valence-corrected chi connectivity index (χ4v) is 2.66. The van der Waals surface area contributed by atoms with Crippen LogP contribution in [0.5, 0.6) is 0 Å². The molecule has 1 aliphatic heterocycles. The van der Waals surface area contributed by atoms with Crippen molar-refractivity contribution in [3.05, 3.63) is 0 Å². The maximum absolute atomic E-state index is 9.77. The van der Waals surface area contributed by atoms with Crippen molar-refractivity contribution in [2.75, 3.05) is 32.8 Å². The molecule has 17 heavy (non-hydrogen) atoms. The summed E-state index contributed by atoms with van der Waals surface area (Å²) in [5.74, 6) is 1.000. The van der Waals surface area contributed by atoms with E-state index >= 15 is 0 Å². The molecular weight excluding hydrogens is 216 g/mol. The van der Waals surface area contributed by atoms with E-state index in [-0.39, 0.29) is 12.7 Å². The summed E-state index contributed by atoms with van der Waals surface area (Å²) in [6.07, 6.45) is 0.759. The lowest BCUT2D eigenvalue weighted by Gasteiger charge is -2.40. The molecule has 0 bridgehead atoms. The van der Waals surface area contributed by atoms with Crippen molar-refractivity contribution in [1.29, 1.82) is 0 Å². The second-order valence-electron chi connectivity index (χ2n) is 5.72. The van der Waals surface area contributed by atoms with E-state index in [1.807, 2.05) is 6.92 Å². The van der Waals surface area contributed by atoms with Gasteiger partial charge in [-0.15, -0.1) is 0 Å². The Bertz CT molecular complexity index is 210. The zero-order valence-corrected chi connectivity index (χ0v) is 11.4. The molecular formula is C13H28N2O2. The highest BCUT2D eigenvalue weighted by atomic mass is 16.3. The van der Waals surface area contributed by atoms with E-state index in [0.29, 0.717) is 24.4 Å². The van der Waals surface area contributed by atoms with Crippen LogP contribution in [0, 0.1) is 11.8 Å². The average molecular weight is 244 g/mol. The van der Waals surface area contributed by atoms with Crippen LogP contribution in [-0.4, -0.2) is 60.0 Å². The van der Waals surface area contributed by atoms with Crippen LogP contribution >= 0.6 is 0 Å². The molecule has 1 aliphatic rings. The van der Waals surface area contributed by atoms with Gasteiger partial charge in [0.05, 0.1) is 12.7 Å². The Balaban J connectivity index is 2.49. The molecule has 1 saturated heterocycles. The van der Waals surface area contributed by atoms with Crippen LogP contribution in [0.25, 0.3) is 0 Å². The first-order valence-corrected chi connectivity index (χ1v) is 6.77. The summed E-state index contributed by atoms with van der Waals surface area (Å²) in [5.41, 5.74) is 0. The van der Waals surface area contributed by atoms with Crippen molar-refractivity contribution < 1.29 is 10.2 Å². The van der Waals surface area contributed by atoms with Gasteiger partial charge in [-0.1, -0.05) is 13.8 Å². The highest BCUT2D eigenvalue weighted by molar-refractivity contribution is 4.85. The Morgan fingerprint density at radius 2 is 2.00 bits per heavy atom. The number of nitrogens with one attached hydrogen (secondary N) is 1. The van der Waals surface area contributed by atoms with Gasteiger partial charge >= 0.3 is 0 Å². The lowest BCUT2D eigenvalue weighted by molar-refractivity contribution is 0.0428. The Morgan fingerprint density at radius 1 is 1.29 bits per heavy atom. The van der Waals surface area contributed by atoms with Crippen LogP contribution in [0.4, 0.5) is 0 Å². The molecule has 3 atom stereocenters. The Kier molecular flexibility index (Phi) is 6.41. The first-order valence-electron chi connectivity index (χ1n) is 6.77. The number of piperidine rings is 1. The maximum Gasteiger partial charge on any atom is 0.0556 e. The highest BCUT2D eigenvalue weighted by Gasteiger charge is 2.29. The molecule has 1 fully saturated rings. The van der Waals surface area contributed by atoms with Crippen molar-refractivity contribution in [3.63, 3.8) is 0 Å². The molecule has 4 nitrogen and oxygen atoms in total. The Hall–Kier alpha value is -0.160. The van der Waals surface area contributed by atoms with Crippen LogP contribution in [0.15, 0.2) is 0 Å². The quantitative estimate of drug-likeness (QED) is 0.629. The first kappa shape index (κ1) is 14.9. The van der Waals surface area contributed by atoms with Crippen LogP contribution in [0.3, 0.4) is 0 Å². The summed E-state index contributed by atoms with van der Waals surface area (Å²) in [5, 5.41) is 22.0. The number of hydrogen-bond donors (Lipinski definition) is 3. The van der Waals surface area contributed by atoms with Gasteiger partial charge in [0.2, 0.25) is 0 Å². The van der Waals surface area contributed by atoms with Gasteiger partial charge in [-0.2, -0.15) is 0 Å². The molecule has 1 heterocycles. The highest BCUT2D eigenvalue weighted by Crippen LogP contribution is 2.21. The van der Waals surface area contributed by atoms with Gasteiger partial charge in [0.25, 0.3) is 0 Å². The van der Waals surface area contributed by atoms with Crippen LogP contribution in [0.2, 0.25) is 0 Å². The molecule has 0 saturated carbocycles. The third-order valence-electron chi connectivity index (χ3n) is 3.41. The molecule has 0 radical (unpaired) electrons. The molecule has 0 aromatic carbocycles. The summed E-state index contributed by atoms with van der Waals surface area (Å²) in [6.45, 7) is 10.3. The van der Waals surface area contributed by atoms with Gasteiger partial charge in [0, 0.05) is 32.2 Å². The summed E-state index contributed by atoms with van der Waals surface area (Å²) < 4.78 is 0. The van der Waals surface area contributed by atoms with Crippen molar-refractivity contribution in [2.45, 2.75) is 39.3 Å². The fraction of sp³-hybridized carbons (Fsp3) is 1.00. The maximum atomic E-state index is 9.77. The van der Waals surface area contributed by atoms with Gasteiger partial charge < -0.3 is 20.4 Å². The predicted octanol–water partition coefficient (Wildman–Crippen LogP) is 0.296. The number of hydrogen-bond acceptors (Lipinski definition) is 4. The average Bonchev–Trinajstić information content (AvgIpc) is 2.25. The first-order chi connectivity index (χ1) is 8.02. The molecule has 3 N–H and O–H groups in total. The molecule has 0 aromatic rings. The van der Waals surface area contributed by atoms with Crippen LogP contribution in [0.1, 0.15) is 27.2 Å². The van der Waals surface area contributed by atoms with E-state index in [0.717, 1.165) is 26.1 Å². The summed E-state index contributed by atoms with van der Waals surface area (Å²) >= 11 is 0. The van der Waals surface area contributed by atoms with Crippen molar-refractivity contribution in [2.24, 2.45) is 11.8 Å². The van der Waals surface area contributed by atoms with E-state index in [2.05, 4.69) is 24.1 Å². The molecule has 1 rings (SSSR count). The SMILES string of the molecule is CC(C)CN1CC(NCCO)CC(C(C)O)C1. The molecule has 4 heteroatoms. The minimum Gasteiger partial charge on any atom is -0.395 e. The molecule has 3 unspecified atom stereocenters. The van der Waals surface area contributed by atoms with E-state index in [1.165, 1.54) is 0 Å². The molecule has 0 aliphatic carbocycles. The van der Waals surface area contributed by atoms with Crippen LogP contribution < -0.4 is 5.32 Å². The third kappa shape index (κ3) is 5.34. The zero-order valence-electron chi connectivity index (χ0n) is 11.4. The second kappa shape index (κ2) is 7.31. The monoisotopic (exact) mass is 244 g/mol. The number of aliphatic hydroxyl groups excluding tert-OH is 2. The van der Waals surface area contributed by atoms with Crippen LogP contribution in [-0.2, 0) is 0 Å². The van der Waals surface area contributed by atoms with Gasteiger partial charge in [-0.05, 0) is 25.2 Å². The Labute approximate surface area is 105 Å².